The normalized spacial score (nSPS) is 25.5. The van der Waals surface area contributed by atoms with E-state index in [2.05, 4.69) is 5.32 Å². The maximum absolute atomic E-state index is 14.4. The Bertz CT molecular complexity index is 1250. The van der Waals surface area contributed by atoms with Gasteiger partial charge >= 0.3 is 6.09 Å². The van der Waals surface area contributed by atoms with Crippen molar-refractivity contribution in [2.24, 2.45) is 5.92 Å². The molecule has 1 saturated carbocycles. The van der Waals surface area contributed by atoms with E-state index >= 15 is 0 Å². The highest BCUT2D eigenvalue weighted by Crippen LogP contribution is 2.59. The molecule has 1 N–H and O–H groups in total. The van der Waals surface area contributed by atoms with E-state index < -0.39 is 51.8 Å². The van der Waals surface area contributed by atoms with Gasteiger partial charge in [-0.05, 0) is 58.4 Å². The molecule has 0 aromatic heterocycles. The second kappa shape index (κ2) is 8.15. The van der Waals surface area contributed by atoms with Gasteiger partial charge in [0.1, 0.15) is 16.8 Å². The number of carbonyl (C=O) groups excluding carboxylic acids is 5. The van der Waals surface area contributed by atoms with Gasteiger partial charge in [0, 0.05) is 18.0 Å². The van der Waals surface area contributed by atoms with Crippen molar-refractivity contribution in [3.8, 4) is 0 Å². The third-order valence-corrected chi connectivity index (χ3v) is 6.73. The minimum Gasteiger partial charge on any atom is -0.443 e. The Morgan fingerprint density at radius 1 is 0.971 bits per heavy atom. The third kappa shape index (κ3) is 3.38. The van der Waals surface area contributed by atoms with Crippen molar-refractivity contribution in [3.05, 3.63) is 60.2 Å². The monoisotopic (exact) mass is 476 g/mol. The minimum atomic E-state index is -2.10. The molecule has 1 fully saturated rings. The predicted octanol–water partition coefficient (Wildman–Crippen LogP) is 3.82. The van der Waals surface area contributed by atoms with Crippen molar-refractivity contribution in [1.29, 1.82) is 0 Å². The van der Waals surface area contributed by atoms with Gasteiger partial charge < -0.3 is 10.1 Å². The molecule has 2 amide bonds. The summed E-state index contributed by atoms with van der Waals surface area (Å²) in [5.74, 6) is -3.62. The number of amides is 2. The number of nitrogens with zero attached hydrogens (tertiary/aromatic N) is 1. The number of imide groups is 1. The fraction of sp³-hybridized carbons (Fsp3) is 0.370. The second-order valence-corrected chi connectivity index (χ2v) is 10.0. The zero-order valence-electron chi connectivity index (χ0n) is 20.4. The van der Waals surface area contributed by atoms with Crippen LogP contribution in [0.15, 0.2) is 54.6 Å². The Labute approximate surface area is 203 Å². The van der Waals surface area contributed by atoms with Gasteiger partial charge in [-0.3, -0.25) is 19.2 Å². The minimum absolute atomic E-state index is 0.188. The molecule has 1 heterocycles. The van der Waals surface area contributed by atoms with Gasteiger partial charge in [-0.15, -0.1) is 0 Å². The topological polar surface area (TPSA) is 110 Å². The van der Waals surface area contributed by atoms with Crippen LogP contribution in [-0.2, 0) is 29.3 Å². The maximum Gasteiger partial charge on any atom is 0.421 e. The summed E-state index contributed by atoms with van der Waals surface area (Å²) in [6, 6.07) is 15.0. The van der Waals surface area contributed by atoms with Crippen molar-refractivity contribution < 1.29 is 28.7 Å². The number of hydrogen-bond donors (Lipinski definition) is 1. The van der Waals surface area contributed by atoms with Crippen molar-refractivity contribution in [2.45, 2.75) is 57.6 Å². The SMILES string of the molecule is CC(=O)[C@@H]1CC(=O)[C@](Nc2ccccc2)(C(C)=O)[C@@]12C(=O)N(C(=O)OC(C)(C)C)c1ccccc12. The Morgan fingerprint density at radius 3 is 2.14 bits per heavy atom. The molecule has 8 heteroatoms. The summed E-state index contributed by atoms with van der Waals surface area (Å²) >= 11 is 0. The zero-order valence-corrected chi connectivity index (χ0v) is 20.4. The molecule has 1 spiro atoms. The number of Topliss-reactive ketones (excluding diaryl/α,β-unsaturated/α-hetero) is 3. The van der Waals surface area contributed by atoms with Crippen molar-refractivity contribution in [2.75, 3.05) is 10.2 Å². The summed E-state index contributed by atoms with van der Waals surface area (Å²) < 4.78 is 5.51. The number of nitrogens with one attached hydrogen (secondary N) is 1. The average molecular weight is 477 g/mol. The standard InChI is InChI=1S/C27H28N2O6/c1-16(30)20-15-22(32)27(17(2)31,28-18-11-7-6-8-12-18)26(20)19-13-9-10-14-21(19)29(23(26)33)24(34)35-25(3,4)5/h6-14,20,28H,15H2,1-5H3/t20-,26+,27+/m0/s1. The predicted molar refractivity (Wildman–Crippen MR) is 129 cm³/mol. The third-order valence-electron chi connectivity index (χ3n) is 6.73. The smallest absolute Gasteiger partial charge is 0.421 e. The second-order valence-electron chi connectivity index (χ2n) is 10.0. The first-order valence-electron chi connectivity index (χ1n) is 11.4. The lowest BCUT2D eigenvalue weighted by Crippen LogP contribution is -2.68. The van der Waals surface area contributed by atoms with Crippen LogP contribution >= 0.6 is 0 Å². The summed E-state index contributed by atoms with van der Waals surface area (Å²) in [7, 11) is 0. The van der Waals surface area contributed by atoms with Crippen LogP contribution in [0.3, 0.4) is 0 Å². The number of para-hydroxylation sites is 2. The van der Waals surface area contributed by atoms with E-state index in [1.165, 1.54) is 13.8 Å². The van der Waals surface area contributed by atoms with E-state index in [-0.39, 0.29) is 17.7 Å². The number of rotatable bonds is 4. The summed E-state index contributed by atoms with van der Waals surface area (Å²) in [6.45, 7) is 7.53. The van der Waals surface area contributed by atoms with Crippen molar-refractivity contribution in [1.82, 2.24) is 0 Å². The number of fused-ring (bicyclic) bond motifs is 2. The van der Waals surface area contributed by atoms with Crippen LogP contribution in [-0.4, -0.2) is 40.5 Å². The van der Waals surface area contributed by atoms with Gasteiger partial charge in [0.05, 0.1) is 5.69 Å². The summed E-state index contributed by atoms with van der Waals surface area (Å²) in [6.07, 6.45) is -1.26. The highest BCUT2D eigenvalue weighted by Gasteiger charge is 2.77. The van der Waals surface area contributed by atoms with Gasteiger partial charge in [0.25, 0.3) is 5.91 Å². The fourth-order valence-corrected chi connectivity index (χ4v) is 5.48. The first kappa shape index (κ1) is 24.3. The molecule has 0 radical (unpaired) electrons. The van der Waals surface area contributed by atoms with Crippen LogP contribution in [0, 0.1) is 5.92 Å². The van der Waals surface area contributed by atoms with Crippen molar-refractivity contribution in [3.63, 3.8) is 0 Å². The molecule has 1 aliphatic carbocycles. The quantitative estimate of drug-likeness (QED) is 0.668. The van der Waals surface area contributed by atoms with Gasteiger partial charge in [0.15, 0.2) is 17.1 Å². The van der Waals surface area contributed by atoms with Gasteiger partial charge in [0.2, 0.25) is 0 Å². The number of hydrogen-bond acceptors (Lipinski definition) is 7. The van der Waals surface area contributed by atoms with Crippen LogP contribution in [0.4, 0.5) is 16.2 Å². The number of carbonyl (C=O) groups is 5. The lowest BCUT2D eigenvalue weighted by Gasteiger charge is -2.42. The Morgan fingerprint density at radius 2 is 1.57 bits per heavy atom. The molecule has 2 aliphatic rings. The van der Waals surface area contributed by atoms with Gasteiger partial charge in [-0.25, -0.2) is 9.69 Å². The van der Waals surface area contributed by atoms with E-state index in [9.17, 15) is 24.0 Å². The number of ether oxygens (including phenoxy) is 1. The Hall–Kier alpha value is -3.81. The van der Waals surface area contributed by atoms with Crippen LogP contribution in [0.5, 0.6) is 0 Å². The molecule has 35 heavy (non-hydrogen) atoms. The highest BCUT2D eigenvalue weighted by atomic mass is 16.6. The number of anilines is 2. The lowest BCUT2D eigenvalue weighted by atomic mass is 9.61. The molecular weight excluding hydrogens is 448 g/mol. The van der Waals surface area contributed by atoms with Crippen LogP contribution in [0.1, 0.15) is 46.6 Å². The molecule has 3 atom stereocenters. The van der Waals surface area contributed by atoms with E-state index in [0.29, 0.717) is 5.69 Å². The number of ketones is 3. The summed E-state index contributed by atoms with van der Waals surface area (Å²) in [5, 5.41) is 3.05. The molecule has 0 unspecified atom stereocenters. The number of benzene rings is 2. The molecule has 0 bridgehead atoms. The first-order chi connectivity index (χ1) is 16.4. The molecule has 8 nitrogen and oxygen atoms in total. The van der Waals surface area contributed by atoms with Crippen molar-refractivity contribution >= 4 is 40.7 Å². The van der Waals surface area contributed by atoms with E-state index in [1.54, 1.807) is 75.4 Å². The Balaban J connectivity index is 2.05. The van der Waals surface area contributed by atoms with E-state index in [4.69, 9.17) is 4.74 Å². The van der Waals surface area contributed by atoms with Gasteiger partial charge in [-0.2, -0.15) is 0 Å². The Kier molecular flexibility index (Phi) is 5.66. The summed E-state index contributed by atoms with van der Waals surface area (Å²) in [5.41, 5.74) is -4.10. The molecule has 2 aromatic rings. The molecular formula is C27H28N2O6. The summed E-state index contributed by atoms with van der Waals surface area (Å²) in [4.78, 5) is 68.8. The fourth-order valence-electron chi connectivity index (χ4n) is 5.48. The van der Waals surface area contributed by atoms with Crippen LogP contribution in [0.25, 0.3) is 0 Å². The zero-order chi connectivity index (χ0) is 25.8. The largest absolute Gasteiger partial charge is 0.443 e. The lowest BCUT2D eigenvalue weighted by molar-refractivity contribution is -0.139. The molecule has 182 valence electrons. The molecule has 1 aliphatic heterocycles. The molecule has 4 rings (SSSR count). The van der Waals surface area contributed by atoms with Gasteiger partial charge in [-0.1, -0.05) is 36.4 Å². The van der Waals surface area contributed by atoms with Crippen LogP contribution in [0.2, 0.25) is 0 Å². The molecule has 0 saturated heterocycles. The van der Waals surface area contributed by atoms with Crippen LogP contribution < -0.4 is 10.2 Å². The van der Waals surface area contributed by atoms with E-state index in [1.807, 2.05) is 0 Å². The first-order valence-corrected chi connectivity index (χ1v) is 11.4. The maximum atomic E-state index is 14.4. The highest BCUT2D eigenvalue weighted by molar-refractivity contribution is 6.32. The average Bonchev–Trinajstić information content (AvgIpc) is 3.19. The molecule has 2 aromatic carbocycles. The van der Waals surface area contributed by atoms with E-state index in [0.717, 1.165) is 4.90 Å².